The van der Waals surface area contributed by atoms with E-state index in [2.05, 4.69) is 5.28 Å². The molecule has 0 aromatic rings. The van der Waals surface area contributed by atoms with E-state index in [0.29, 0.717) is 13.1 Å². The van der Waals surface area contributed by atoms with Crippen molar-refractivity contribution in [2.45, 2.75) is 12.8 Å². The molecule has 13 heavy (non-hydrogen) atoms. The summed E-state index contributed by atoms with van der Waals surface area (Å²) >= 11 is 0. The van der Waals surface area contributed by atoms with E-state index in [4.69, 9.17) is 10.3 Å². The summed E-state index contributed by atoms with van der Waals surface area (Å²) in [5.41, 5.74) is 0. The van der Waals surface area contributed by atoms with Gasteiger partial charge in [-0.3, -0.25) is 0 Å². The maximum absolute atomic E-state index is 10.8. The molecule has 1 heterocycles. The monoisotopic (exact) mass is 199 g/mol. The van der Waals surface area contributed by atoms with Crippen molar-refractivity contribution in [3.05, 3.63) is 5.21 Å². The molecule has 6 nitrogen and oxygen atoms in total. The molecule has 7 heteroatoms. The molecule has 1 fully saturated rings. The van der Waals surface area contributed by atoms with E-state index in [1.165, 1.54) is 5.01 Å². The average molecular weight is 199 g/mol. The molecular formula is C6H14N3NaO3. The molecule has 1 unspecified atom stereocenters. The largest absolute Gasteiger partial charge is 0.569 e. The Bertz CT molecular complexity index is 179. The smallest absolute Gasteiger partial charge is 0.230 e. The van der Waals surface area contributed by atoms with Crippen molar-refractivity contribution < 1.29 is 15.3 Å². The Morgan fingerprint density at radius 2 is 2.31 bits per heavy atom. The average Bonchev–Trinajstić information content (AvgIpc) is 2.17. The number of rotatable bonds is 2. The van der Waals surface area contributed by atoms with E-state index in [0.717, 1.165) is 12.8 Å². The second-order valence-electron chi connectivity index (χ2n) is 2.95. The van der Waals surface area contributed by atoms with E-state index >= 15 is 0 Å². The van der Waals surface area contributed by atoms with Crippen molar-refractivity contribution in [2.75, 3.05) is 19.7 Å². The van der Waals surface area contributed by atoms with E-state index in [9.17, 15) is 5.21 Å². The van der Waals surface area contributed by atoms with Crippen LogP contribution in [0.3, 0.4) is 0 Å². The van der Waals surface area contributed by atoms with Crippen LogP contribution in [0, 0.1) is 11.1 Å². The topological polar surface area (TPSA) is 82.1 Å². The fraction of sp³-hybridized carbons (Fsp3) is 1.00. The molecule has 1 rings (SSSR count). The van der Waals surface area contributed by atoms with Crippen molar-refractivity contribution in [3.8, 4) is 0 Å². The van der Waals surface area contributed by atoms with Crippen molar-refractivity contribution in [2.24, 2.45) is 11.2 Å². The van der Waals surface area contributed by atoms with Crippen LogP contribution in [-0.2, 0) is 0 Å². The van der Waals surface area contributed by atoms with Crippen molar-refractivity contribution in [3.63, 3.8) is 0 Å². The summed E-state index contributed by atoms with van der Waals surface area (Å²) in [5.74, 6) is 0.122. The third-order valence-corrected chi connectivity index (χ3v) is 2.07. The quantitative estimate of drug-likeness (QED) is 0.267. The van der Waals surface area contributed by atoms with Crippen LogP contribution in [0.1, 0.15) is 12.8 Å². The Morgan fingerprint density at radius 3 is 2.85 bits per heavy atom. The number of hydrogen-bond acceptors (Lipinski definition) is 3. The standard InChI is InChI=1S/C6H13N3O3.Na.H/c10-5-6-2-1-3-8(4-6)9(12)7-11;;/h6,10-11H,1-5H2;;/b9-7+;;. The van der Waals surface area contributed by atoms with Crippen LogP contribution in [0.5, 0.6) is 0 Å². The van der Waals surface area contributed by atoms with Gasteiger partial charge in [0.05, 0.1) is 18.1 Å². The zero-order valence-corrected chi connectivity index (χ0v) is 6.76. The van der Waals surface area contributed by atoms with E-state index in [-0.39, 0.29) is 47.1 Å². The first-order valence-corrected chi connectivity index (χ1v) is 3.96. The van der Waals surface area contributed by atoms with E-state index in [1.54, 1.807) is 0 Å². The normalized spacial score (nSPS) is 23.9. The molecule has 0 radical (unpaired) electrons. The van der Waals surface area contributed by atoms with Crippen molar-refractivity contribution in [1.82, 2.24) is 5.01 Å². The molecule has 1 atom stereocenters. The van der Waals surface area contributed by atoms with E-state index < -0.39 is 0 Å². The van der Waals surface area contributed by atoms with Crippen LogP contribution < -0.4 is 0 Å². The predicted molar refractivity (Wildman–Crippen MR) is 46.4 cm³/mol. The molecule has 1 saturated heterocycles. The molecule has 0 saturated carbocycles. The van der Waals surface area contributed by atoms with Gasteiger partial charge in [-0.1, -0.05) is 0 Å². The van der Waals surface area contributed by atoms with Crippen LogP contribution in [0.2, 0.25) is 0 Å². The number of hydrazine groups is 1. The van der Waals surface area contributed by atoms with Gasteiger partial charge in [-0.25, -0.2) is 0 Å². The van der Waals surface area contributed by atoms with Gasteiger partial charge in [0.2, 0.25) is 5.28 Å². The Labute approximate surface area is 98.6 Å². The van der Waals surface area contributed by atoms with Gasteiger partial charge >= 0.3 is 29.6 Å². The molecule has 1 aliphatic heterocycles. The van der Waals surface area contributed by atoms with Crippen LogP contribution in [0.15, 0.2) is 5.28 Å². The van der Waals surface area contributed by atoms with Gasteiger partial charge in [0.1, 0.15) is 0 Å². The van der Waals surface area contributed by atoms with Crippen molar-refractivity contribution >= 4 is 29.6 Å². The predicted octanol–water partition coefficient (Wildman–Crippen LogP) is -0.691. The summed E-state index contributed by atoms with van der Waals surface area (Å²) < 4.78 is 0. The molecule has 0 bridgehead atoms. The SMILES string of the molecule is [NaH].[O-]/[N+](=N/O)N1CCCC(CO)C1. The van der Waals surface area contributed by atoms with Gasteiger partial charge in [-0.05, 0) is 12.8 Å². The minimum absolute atomic E-state index is 0. The maximum atomic E-state index is 10.8. The maximum Gasteiger partial charge on any atom is 0.230 e. The molecule has 2 N–H and O–H groups in total. The fourth-order valence-electron chi connectivity index (χ4n) is 1.40. The first-order valence-electron chi connectivity index (χ1n) is 3.96. The summed E-state index contributed by atoms with van der Waals surface area (Å²) in [6.07, 6.45) is 1.77. The number of aliphatic hydroxyl groups is 1. The molecule has 1 aliphatic rings. The number of piperidine rings is 1. The molecule has 0 aliphatic carbocycles. The van der Waals surface area contributed by atoms with Crippen LogP contribution >= 0.6 is 0 Å². The van der Waals surface area contributed by atoms with Gasteiger partial charge in [0.15, 0.2) is 0 Å². The van der Waals surface area contributed by atoms with Crippen LogP contribution in [0.4, 0.5) is 0 Å². The third kappa shape index (κ3) is 3.68. The van der Waals surface area contributed by atoms with Gasteiger partial charge in [0, 0.05) is 12.5 Å². The minimum Gasteiger partial charge on any atom is -0.569 e. The summed E-state index contributed by atoms with van der Waals surface area (Å²) in [4.78, 5) is 0.168. The van der Waals surface area contributed by atoms with E-state index in [1.807, 2.05) is 0 Å². The zero-order valence-electron chi connectivity index (χ0n) is 6.76. The molecular weight excluding hydrogens is 185 g/mol. The van der Waals surface area contributed by atoms with Crippen LogP contribution in [-0.4, -0.2) is 69.5 Å². The number of hydrogen-bond donors (Lipinski definition) is 2. The molecule has 0 spiro atoms. The Kier molecular flexibility index (Phi) is 6.40. The summed E-state index contributed by atoms with van der Waals surface area (Å²) in [6.45, 7) is 1.13. The Balaban J connectivity index is 0.00000144. The summed E-state index contributed by atoms with van der Waals surface area (Å²) in [5, 5.41) is 31.6. The molecule has 0 aromatic carbocycles. The first kappa shape index (κ1) is 13.0. The number of aliphatic hydroxyl groups excluding tert-OH is 1. The molecule has 0 aromatic heterocycles. The Hall–Kier alpha value is -0.0400. The Morgan fingerprint density at radius 1 is 1.62 bits per heavy atom. The first-order chi connectivity index (χ1) is 5.77. The summed E-state index contributed by atoms with van der Waals surface area (Å²) in [7, 11) is 0. The fourth-order valence-corrected chi connectivity index (χ4v) is 1.40. The van der Waals surface area contributed by atoms with Crippen molar-refractivity contribution in [1.29, 1.82) is 0 Å². The van der Waals surface area contributed by atoms with Crippen LogP contribution in [0.25, 0.3) is 0 Å². The molecule has 72 valence electrons. The zero-order chi connectivity index (χ0) is 8.97. The van der Waals surface area contributed by atoms with Gasteiger partial charge in [-0.15, -0.1) is 5.01 Å². The summed E-state index contributed by atoms with van der Waals surface area (Å²) in [6, 6.07) is 0. The van der Waals surface area contributed by atoms with Gasteiger partial charge in [0.25, 0.3) is 0 Å². The van der Waals surface area contributed by atoms with Gasteiger partial charge in [-0.2, -0.15) is 0 Å². The van der Waals surface area contributed by atoms with Gasteiger partial charge < -0.3 is 15.5 Å². The number of nitrogens with zero attached hydrogens (tertiary/aromatic N) is 3. The third-order valence-electron chi connectivity index (χ3n) is 2.07. The second kappa shape index (κ2) is 6.42. The minimum atomic E-state index is 0. The second-order valence-corrected chi connectivity index (χ2v) is 2.95. The molecule has 0 amide bonds.